The average molecular weight is 242 g/mol. The lowest BCUT2D eigenvalue weighted by Crippen LogP contribution is -2.11. The summed E-state index contributed by atoms with van der Waals surface area (Å²) in [6.45, 7) is 1.91. The Bertz CT molecular complexity index is 578. The molecule has 1 amide bonds. The third kappa shape index (κ3) is 2.52. The molecule has 0 unspecified atom stereocenters. The molecule has 3 nitrogen and oxygen atoms in total. The van der Waals surface area contributed by atoms with Crippen LogP contribution in [0.5, 0.6) is 0 Å². The number of hydrogen-bond donors (Lipinski definition) is 1. The van der Waals surface area contributed by atoms with Crippen molar-refractivity contribution in [3.8, 4) is 6.07 Å². The van der Waals surface area contributed by atoms with E-state index in [4.69, 9.17) is 5.26 Å². The molecule has 0 atom stereocenters. The molecule has 84 valence electrons. The maximum Gasteiger partial charge on any atom is 0.265 e. The van der Waals surface area contributed by atoms with Crippen LogP contribution in [0.25, 0.3) is 0 Å². The van der Waals surface area contributed by atoms with Gasteiger partial charge in [-0.3, -0.25) is 4.79 Å². The normalized spacial score (nSPS) is 9.65. The largest absolute Gasteiger partial charge is 0.321 e. The molecule has 1 aromatic carbocycles. The van der Waals surface area contributed by atoms with Gasteiger partial charge in [-0.1, -0.05) is 0 Å². The van der Waals surface area contributed by atoms with Crippen molar-refractivity contribution >= 4 is 22.9 Å². The van der Waals surface area contributed by atoms with E-state index in [9.17, 15) is 4.79 Å². The molecule has 2 rings (SSSR count). The highest BCUT2D eigenvalue weighted by Crippen LogP contribution is 2.18. The summed E-state index contributed by atoms with van der Waals surface area (Å²) in [6.07, 6.45) is 0. The molecule has 0 radical (unpaired) electrons. The third-order valence-corrected chi connectivity index (χ3v) is 3.36. The molecule has 2 aromatic rings. The van der Waals surface area contributed by atoms with E-state index in [0.29, 0.717) is 16.1 Å². The number of nitrogens with one attached hydrogen (secondary N) is 1. The highest BCUT2D eigenvalue weighted by atomic mass is 32.1. The lowest BCUT2D eigenvalue weighted by atomic mass is 10.2. The zero-order chi connectivity index (χ0) is 12.3. The van der Waals surface area contributed by atoms with Crippen molar-refractivity contribution in [3.63, 3.8) is 0 Å². The van der Waals surface area contributed by atoms with Gasteiger partial charge in [0.15, 0.2) is 0 Å². The van der Waals surface area contributed by atoms with Crippen LogP contribution in [-0.4, -0.2) is 5.91 Å². The van der Waals surface area contributed by atoms with Crippen molar-refractivity contribution in [1.29, 1.82) is 5.26 Å². The predicted molar refractivity (Wildman–Crippen MR) is 68.2 cm³/mol. The van der Waals surface area contributed by atoms with E-state index < -0.39 is 0 Å². The van der Waals surface area contributed by atoms with Crippen LogP contribution in [0.15, 0.2) is 35.7 Å². The Morgan fingerprint density at radius 2 is 2.00 bits per heavy atom. The molecular weight excluding hydrogens is 232 g/mol. The van der Waals surface area contributed by atoms with Crippen LogP contribution in [0.1, 0.15) is 20.8 Å². The fourth-order valence-electron chi connectivity index (χ4n) is 1.42. The van der Waals surface area contributed by atoms with E-state index in [0.717, 1.165) is 5.56 Å². The van der Waals surface area contributed by atoms with Crippen LogP contribution in [0, 0.1) is 18.3 Å². The monoisotopic (exact) mass is 242 g/mol. The number of amides is 1. The molecule has 0 saturated carbocycles. The first kappa shape index (κ1) is 11.4. The van der Waals surface area contributed by atoms with Crippen LogP contribution < -0.4 is 5.32 Å². The van der Waals surface area contributed by atoms with Crippen LogP contribution in [0.2, 0.25) is 0 Å². The first-order valence-electron chi connectivity index (χ1n) is 5.06. The Hall–Kier alpha value is -2.12. The van der Waals surface area contributed by atoms with E-state index >= 15 is 0 Å². The Balaban J connectivity index is 2.14. The molecule has 0 aliphatic carbocycles. The first-order valence-corrected chi connectivity index (χ1v) is 5.94. The van der Waals surface area contributed by atoms with Gasteiger partial charge in [0, 0.05) is 5.69 Å². The van der Waals surface area contributed by atoms with Crippen molar-refractivity contribution in [1.82, 2.24) is 0 Å². The average Bonchev–Trinajstić information content (AvgIpc) is 2.76. The van der Waals surface area contributed by atoms with Gasteiger partial charge in [-0.2, -0.15) is 5.26 Å². The number of hydrogen-bond acceptors (Lipinski definition) is 3. The molecule has 4 heteroatoms. The highest BCUT2D eigenvalue weighted by molar-refractivity contribution is 7.12. The van der Waals surface area contributed by atoms with E-state index in [1.54, 1.807) is 24.3 Å². The summed E-state index contributed by atoms with van der Waals surface area (Å²) in [7, 11) is 0. The molecule has 1 N–H and O–H groups in total. The minimum absolute atomic E-state index is 0.109. The summed E-state index contributed by atoms with van der Waals surface area (Å²) in [5.41, 5.74) is 2.25. The highest BCUT2D eigenvalue weighted by Gasteiger charge is 2.10. The summed E-state index contributed by atoms with van der Waals surface area (Å²) in [4.78, 5) is 12.6. The SMILES string of the molecule is Cc1ccsc1C(=O)Nc1ccc(C#N)cc1. The number of nitrogens with zero attached hydrogens (tertiary/aromatic N) is 1. The molecule has 1 aromatic heterocycles. The zero-order valence-electron chi connectivity index (χ0n) is 9.23. The molecule has 0 spiro atoms. The molecule has 0 aliphatic rings. The van der Waals surface area contributed by atoms with Gasteiger partial charge in [-0.15, -0.1) is 11.3 Å². The fraction of sp³-hybridized carbons (Fsp3) is 0.0769. The number of nitriles is 1. The van der Waals surface area contributed by atoms with Crippen molar-refractivity contribution in [2.24, 2.45) is 0 Å². The number of thiophene rings is 1. The molecule has 1 heterocycles. The summed E-state index contributed by atoms with van der Waals surface area (Å²) in [6, 6.07) is 10.7. The van der Waals surface area contributed by atoms with Gasteiger partial charge in [-0.25, -0.2) is 0 Å². The summed E-state index contributed by atoms with van der Waals surface area (Å²) >= 11 is 1.42. The van der Waals surface area contributed by atoms with Gasteiger partial charge in [0.25, 0.3) is 5.91 Å². The van der Waals surface area contributed by atoms with Crippen LogP contribution in [0.4, 0.5) is 5.69 Å². The number of carbonyl (C=O) groups excluding carboxylic acids is 1. The number of benzene rings is 1. The maximum atomic E-state index is 11.9. The number of anilines is 1. The van der Waals surface area contributed by atoms with Gasteiger partial charge >= 0.3 is 0 Å². The second-order valence-corrected chi connectivity index (χ2v) is 4.49. The lowest BCUT2D eigenvalue weighted by molar-refractivity contribution is 0.103. The van der Waals surface area contributed by atoms with Crippen molar-refractivity contribution in [2.45, 2.75) is 6.92 Å². The van der Waals surface area contributed by atoms with Crippen molar-refractivity contribution < 1.29 is 4.79 Å². The lowest BCUT2D eigenvalue weighted by Gasteiger charge is -2.04. The van der Waals surface area contributed by atoms with Gasteiger partial charge < -0.3 is 5.32 Å². The zero-order valence-corrected chi connectivity index (χ0v) is 10.0. The summed E-state index contributed by atoms with van der Waals surface area (Å²) in [5, 5.41) is 13.4. The third-order valence-electron chi connectivity index (χ3n) is 2.34. The van der Waals surface area contributed by atoms with E-state index in [1.807, 2.05) is 24.4 Å². The minimum Gasteiger partial charge on any atom is -0.321 e. The molecule has 0 saturated heterocycles. The Morgan fingerprint density at radius 3 is 2.53 bits per heavy atom. The maximum absolute atomic E-state index is 11.9. The smallest absolute Gasteiger partial charge is 0.265 e. The van der Waals surface area contributed by atoms with Gasteiger partial charge in [-0.05, 0) is 48.2 Å². The van der Waals surface area contributed by atoms with Gasteiger partial charge in [0.2, 0.25) is 0 Å². The topological polar surface area (TPSA) is 52.9 Å². The Labute approximate surface area is 103 Å². The number of carbonyl (C=O) groups is 1. The summed E-state index contributed by atoms with van der Waals surface area (Å²) in [5.74, 6) is -0.109. The Kier molecular flexibility index (Phi) is 3.22. The molecule has 17 heavy (non-hydrogen) atoms. The van der Waals surface area contributed by atoms with Crippen LogP contribution in [-0.2, 0) is 0 Å². The second kappa shape index (κ2) is 4.81. The van der Waals surface area contributed by atoms with Crippen LogP contribution >= 0.6 is 11.3 Å². The number of rotatable bonds is 2. The van der Waals surface area contributed by atoms with Gasteiger partial charge in [0.1, 0.15) is 0 Å². The Morgan fingerprint density at radius 1 is 1.29 bits per heavy atom. The number of aryl methyl sites for hydroxylation is 1. The minimum atomic E-state index is -0.109. The second-order valence-electron chi connectivity index (χ2n) is 3.58. The molecule has 0 aliphatic heterocycles. The first-order chi connectivity index (χ1) is 8.20. The van der Waals surface area contributed by atoms with Crippen molar-refractivity contribution in [3.05, 3.63) is 51.7 Å². The summed E-state index contributed by atoms with van der Waals surface area (Å²) < 4.78 is 0. The van der Waals surface area contributed by atoms with E-state index in [1.165, 1.54) is 11.3 Å². The quantitative estimate of drug-likeness (QED) is 0.879. The van der Waals surface area contributed by atoms with Crippen molar-refractivity contribution in [2.75, 3.05) is 5.32 Å². The molecular formula is C13H10N2OS. The van der Waals surface area contributed by atoms with Gasteiger partial charge in [0.05, 0.1) is 16.5 Å². The van der Waals surface area contributed by atoms with Crippen LogP contribution in [0.3, 0.4) is 0 Å². The molecule has 0 bridgehead atoms. The standard InChI is InChI=1S/C13H10N2OS/c1-9-6-7-17-12(9)13(16)15-11-4-2-10(8-14)3-5-11/h2-7H,1H3,(H,15,16). The fourth-order valence-corrected chi connectivity index (χ4v) is 2.24. The molecule has 0 fully saturated rings. The van der Waals surface area contributed by atoms with E-state index in [2.05, 4.69) is 5.32 Å². The predicted octanol–water partition coefficient (Wildman–Crippen LogP) is 3.18. The van der Waals surface area contributed by atoms with E-state index in [-0.39, 0.29) is 5.91 Å².